The van der Waals surface area contributed by atoms with Gasteiger partial charge in [-0.1, -0.05) is 0 Å². The topological polar surface area (TPSA) is 30.8 Å². The van der Waals surface area contributed by atoms with Crippen LogP contribution in [0.5, 0.6) is 0 Å². The summed E-state index contributed by atoms with van der Waals surface area (Å²) in [5.74, 6) is 0. The van der Waals surface area contributed by atoms with E-state index in [2.05, 4.69) is 4.51 Å². The van der Waals surface area contributed by atoms with Crippen LogP contribution in [-0.4, -0.2) is 19.3 Å². The maximum Gasteiger partial charge on any atom is 0.401 e. The lowest BCUT2D eigenvalue weighted by Crippen LogP contribution is -1.92. The second-order valence-corrected chi connectivity index (χ2v) is 1.22. The molecule has 0 saturated carbocycles. The molecular weight excluding hydrogens is 117 g/mol. The Labute approximate surface area is 46.0 Å². The molecular formula is C3H4ClNO2. The van der Waals surface area contributed by atoms with Crippen molar-refractivity contribution in [1.29, 1.82) is 0 Å². The molecule has 40 valence electrons. The van der Waals surface area contributed by atoms with Crippen LogP contribution in [0.1, 0.15) is 0 Å². The fourth-order valence-corrected chi connectivity index (χ4v) is 0.446. The molecule has 0 aromatic heterocycles. The molecule has 0 aliphatic carbocycles. The molecule has 0 amide bonds. The van der Waals surface area contributed by atoms with Crippen LogP contribution in [-0.2, 0) is 9.47 Å². The van der Waals surface area contributed by atoms with Crippen molar-refractivity contribution >= 4 is 17.9 Å². The molecule has 0 unspecified atom stereocenters. The number of halogens is 1. The van der Waals surface area contributed by atoms with Crippen LogP contribution in [0.2, 0.25) is 0 Å². The summed E-state index contributed by atoms with van der Waals surface area (Å²) in [5.41, 5.74) is 0. The number of nitrogens with zero attached hydrogens (tertiary/aromatic N) is 1. The predicted octanol–water partition coefficient (Wildman–Crippen LogP) is 0.543. The van der Waals surface area contributed by atoms with Gasteiger partial charge in [-0.15, -0.1) is 4.51 Å². The van der Waals surface area contributed by atoms with Crippen LogP contribution in [0.15, 0.2) is 4.51 Å². The van der Waals surface area contributed by atoms with Gasteiger partial charge in [0.05, 0.1) is 0 Å². The standard InChI is InChI=1S/C3H4ClNO2/c4-5-3-6-1-2-7-3/h1-2H2. The first-order chi connectivity index (χ1) is 3.43. The summed E-state index contributed by atoms with van der Waals surface area (Å²) in [5, 5.41) is 0. The highest BCUT2D eigenvalue weighted by molar-refractivity contribution is 6.18. The Balaban J connectivity index is 2.41. The van der Waals surface area contributed by atoms with Crippen molar-refractivity contribution in [3.63, 3.8) is 0 Å². The van der Waals surface area contributed by atoms with E-state index in [0.717, 1.165) is 0 Å². The third-order valence-corrected chi connectivity index (χ3v) is 0.741. The third-order valence-electron chi connectivity index (χ3n) is 0.603. The van der Waals surface area contributed by atoms with E-state index in [1.54, 1.807) is 0 Å². The summed E-state index contributed by atoms with van der Waals surface area (Å²) in [7, 11) is 0. The van der Waals surface area contributed by atoms with E-state index >= 15 is 0 Å². The van der Waals surface area contributed by atoms with E-state index in [1.165, 1.54) is 0 Å². The van der Waals surface area contributed by atoms with Crippen LogP contribution in [0.4, 0.5) is 0 Å². The summed E-state index contributed by atoms with van der Waals surface area (Å²) in [6, 6.07) is 0. The average molecular weight is 122 g/mol. The molecule has 7 heavy (non-hydrogen) atoms. The van der Waals surface area contributed by atoms with E-state index in [-0.39, 0.29) is 6.08 Å². The first-order valence-electron chi connectivity index (χ1n) is 1.88. The first-order valence-corrected chi connectivity index (χ1v) is 2.22. The number of ether oxygens (including phenoxy) is 2. The lowest BCUT2D eigenvalue weighted by Gasteiger charge is -1.86. The molecule has 1 aliphatic heterocycles. The Bertz CT molecular complexity index is 84.9. The van der Waals surface area contributed by atoms with Gasteiger partial charge in [-0.2, -0.15) is 0 Å². The zero-order valence-corrected chi connectivity index (χ0v) is 4.31. The Morgan fingerprint density at radius 3 is 2.29 bits per heavy atom. The van der Waals surface area contributed by atoms with Crippen molar-refractivity contribution in [3.8, 4) is 0 Å². The second-order valence-electron chi connectivity index (χ2n) is 1.05. The van der Waals surface area contributed by atoms with Gasteiger partial charge in [0.25, 0.3) is 0 Å². The van der Waals surface area contributed by atoms with E-state index in [0.29, 0.717) is 13.2 Å². The van der Waals surface area contributed by atoms with Crippen molar-refractivity contribution in [1.82, 2.24) is 0 Å². The van der Waals surface area contributed by atoms with Gasteiger partial charge >= 0.3 is 6.08 Å². The lowest BCUT2D eigenvalue weighted by molar-refractivity contribution is 0.339. The number of rotatable bonds is 0. The van der Waals surface area contributed by atoms with Crippen molar-refractivity contribution in [3.05, 3.63) is 0 Å². The van der Waals surface area contributed by atoms with Crippen LogP contribution in [0.3, 0.4) is 0 Å². The minimum atomic E-state index is 0.182. The highest BCUT2D eigenvalue weighted by Crippen LogP contribution is 1.96. The molecule has 0 N–H and O–H groups in total. The molecule has 0 spiro atoms. The predicted molar refractivity (Wildman–Crippen MR) is 25.2 cm³/mol. The molecule has 1 saturated heterocycles. The number of hydrogen-bond acceptors (Lipinski definition) is 3. The molecule has 3 nitrogen and oxygen atoms in total. The minimum Gasteiger partial charge on any atom is -0.446 e. The van der Waals surface area contributed by atoms with Gasteiger partial charge in [0.1, 0.15) is 13.2 Å². The molecule has 0 bridgehead atoms. The molecule has 4 heteroatoms. The van der Waals surface area contributed by atoms with Crippen LogP contribution >= 0.6 is 11.8 Å². The average Bonchev–Trinajstić information content (AvgIpc) is 2.14. The largest absolute Gasteiger partial charge is 0.446 e. The monoisotopic (exact) mass is 121 g/mol. The fourth-order valence-electron chi connectivity index (χ4n) is 0.348. The van der Waals surface area contributed by atoms with Gasteiger partial charge < -0.3 is 9.47 Å². The highest BCUT2D eigenvalue weighted by Gasteiger charge is 2.07. The Morgan fingerprint density at radius 1 is 1.43 bits per heavy atom. The van der Waals surface area contributed by atoms with E-state index < -0.39 is 0 Å². The summed E-state index contributed by atoms with van der Waals surface area (Å²) < 4.78 is 12.5. The van der Waals surface area contributed by atoms with Crippen molar-refractivity contribution in [2.24, 2.45) is 4.51 Å². The maximum atomic E-state index is 4.95. The molecule has 1 rings (SSSR count). The van der Waals surface area contributed by atoms with Gasteiger partial charge in [0.15, 0.2) is 0 Å². The Kier molecular flexibility index (Phi) is 1.36. The molecule has 1 fully saturated rings. The highest BCUT2D eigenvalue weighted by atomic mass is 35.5. The summed E-state index contributed by atoms with van der Waals surface area (Å²) in [6.45, 7) is 1.12. The summed E-state index contributed by atoms with van der Waals surface area (Å²) in [4.78, 5) is 0. The van der Waals surface area contributed by atoms with Gasteiger partial charge in [-0.05, 0) is 0 Å². The van der Waals surface area contributed by atoms with Crippen molar-refractivity contribution in [2.45, 2.75) is 0 Å². The lowest BCUT2D eigenvalue weighted by atomic mass is 10.8. The minimum absolute atomic E-state index is 0.182. The normalized spacial score (nSPS) is 18.1. The van der Waals surface area contributed by atoms with Gasteiger partial charge in [0.2, 0.25) is 0 Å². The molecule has 0 radical (unpaired) electrons. The van der Waals surface area contributed by atoms with E-state index in [9.17, 15) is 0 Å². The van der Waals surface area contributed by atoms with Crippen LogP contribution in [0.25, 0.3) is 0 Å². The first kappa shape index (κ1) is 4.71. The summed E-state index contributed by atoms with van der Waals surface area (Å²) in [6.07, 6.45) is 0.182. The van der Waals surface area contributed by atoms with Crippen molar-refractivity contribution < 1.29 is 9.47 Å². The Hall–Kier alpha value is -0.440. The molecule has 0 aromatic carbocycles. The van der Waals surface area contributed by atoms with E-state index in [4.69, 9.17) is 21.3 Å². The van der Waals surface area contributed by atoms with Gasteiger partial charge in [0, 0.05) is 11.8 Å². The maximum absolute atomic E-state index is 4.95. The van der Waals surface area contributed by atoms with Crippen LogP contribution < -0.4 is 0 Å². The molecule has 0 atom stereocenters. The Morgan fingerprint density at radius 2 is 2.00 bits per heavy atom. The zero-order chi connectivity index (χ0) is 5.11. The zero-order valence-electron chi connectivity index (χ0n) is 3.56. The molecule has 1 aliphatic rings. The molecule has 1 heterocycles. The summed E-state index contributed by atoms with van der Waals surface area (Å²) >= 11 is 4.95. The molecule has 0 aromatic rings. The van der Waals surface area contributed by atoms with Gasteiger partial charge in [-0.25, -0.2) is 0 Å². The van der Waals surface area contributed by atoms with Crippen molar-refractivity contribution in [2.75, 3.05) is 13.2 Å². The smallest absolute Gasteiger partial charge is 0.401 e. The van der Waals surface area contributed by atoms with Crippen LogP contribution in [0, 0.1) is 0 Å². The number of hydrogen-bond donors (Lipinski definition) is 0. The van der Waals surface area contributed by atoms with E-state index in [1.807, 2.05) is 0 Å². The second kappa shape index (κ2) is 2.02. The third kappa shape index (κ3) is 0.962. The quantitative estimate of drug-likeness (QED) is 0.469. The van der Waals surface area contributed by atoms with Gasteiger partial charge in [-0.3, -0.25) is 0 Å². The fraction of sp³-hybridized carbons (Fsp3) is 0.667. The SMILES string of the molecule is ClN=C1OCCO1.